The molecule has 170 valence electrons. The lowest BCUT2D eigenvalue weighted by Crippen LogP contribution is -2.52. The summed E-state index contributed by atoms with van der Waals surface area (Å²) in [6.07, 6.45) is 0. The van der Waals surface area contributed by atoms with Crippen LogP contribution in [0.1, 0.15) is 5.56 Å². The molecule has 0 bridgehead atoms. The maximum atomic E-state index is 14.1. The standard InChI is InChI=1S/C23H32FN5O.HI/c1-25-23(26-18-19-7-6-8-20(17-19)30-16-15-27(2)3)29-13-11-28(12-14-29)22-10-5-4-9-21(22)24;/h4-10,17H,11-16,18H2,1-3H3,(H,25,26);1H. The van der Waals surface area contributed by atoms with Crippen LogP contribution in [0.25, 0.3) is 0 Å². The number of guanidine groups is 1. The molecule has 31 heavy (non-hydrogen) atoms. The van der Waals surface area contributed by atoms with Gasteiger partial charge in [-0.3, -0.25) is 4.99 Å². The van der Waals surface area contributed by atoms with Crippen molar-refractivity contribution in [3.05, 3.63) is 59.9 Å². The number of para-hydroxylation sites is 1. The summed E-state index contributed by atoms with van der Waals surface area (Å²) in [7, 11) is 5.86. The van der Waals surface area contributed by atoms with Crippen LogP contribution in [0.15, 0.2) is 53.5 Å². The molecule has 0 aliphatic carbocycles. The van der Waals surface area contributed by atoms with E-state index >= 15 is 0 Å². The average molecular weight is 541 g/mol. The van der Waals surface area contributed by atoms with Gasteiger partial charge in [-0.2, -0.15) is 0 Å². The molecule has 0 spiro atoms. The first kappa shape index (κ1) is 25.2. The number of rotatable bonds is 7. The van der Waals surface area contributed by atoms with E-state index in [0.29, 0.717) is 18.8 Å². The molecule has 1 fully saturated rings. The van der Waals surface area contributed by atoms with Gasteiger partial charge in [0.05, 0.1) is 5.69 Å². The van der Waals surface area contributed by atoms with Gasteiger partial charge in [0, 0.05) is 46.3 Å². The summed E-state index contributed by atoms with van der Waals surface area (Å²) in [6, 6.07) is 15.1. The number of ether oxygens (including phenoxy) is 1. The molecule has 1 saturated heterocycles. The topological polar surface area (TPSA) is 43.3 Å². The van der Waals surface area contributed by atoms with Crippen LogP contribution in [0, 0.1) is 5.82 Å². The highest BCUT2D eigenvalue weighted by molar-refractivity contribution is 14.0. The predicted octanol–water partition coefficient (Wildman–Crippen LogP) is 3.28. The molecule has 0 saturated carbocycles. The van der Waals surface area contributed by atoms with Gasteiger partial charge < -0.3 is 24.8 Å². The van der Waals surface area contributed by atoms with Crippen molar-refractivity contribution in [1.29, 1.82) is 0 Å². The fraction of sp³-hybridized carbons (Fsp3) is 0.435. The lowest BCUT2D eigenvalue weighted by Gasteiger charge is -2.37. The van der Waals surface area contributed by atoms with Crippen LogP contribution in [0.2, 0.25) is 0 Å². The number of hydrogen-bond acceptors (Lipinski definition) is 4. The molecule has 3 rings (SSSR count). The second-order valence-corrected chi connectivity index (χ2v) is 7.63. The highest BCUT2D eigenvalue weighted by atomic mass is 127. The molecule has 1 aliphatic rings. The maximum Gasteiger partial charge on any atom is 0.194 e. The number of likely N-dealkylation sites (N-methyl/N-ethyl adjacent to an activating group) is 1. The van der Waals surface area contributed by atoms with Gasteiger partial charge >= 0.3 is 0 Å². The number of nitrogens with one attached hydrogen (secondary N) is 1. The molecule has 2 aromatic rings. The zero-order valence-corrected chi connectivity index (χ0v) is 20.9. The van der Waals surface area contributed by atoms with Gasteiger partial charge in [-0.15, -0.1) is 24.0 Å². The van der Waals surface area contributed by atoms with Crippen LogP contribution in [-0.2, 0) is 6.54 Å². The highest BCUT2D eigenvalue weighted by Crippen LogP contribution is 2.20. The van der Waals surface area contributed by atoms with Crippen molar-refractivity contribution >= 4 is 35.6 Å². The number of anilines is 1. The van der Waals surface area contributed by atoms with Crippen molar-refractivity contribution in [2.45, 2.75) is 6.54 Å². The van der Waals surface area contributed by atoms with Gasteiger partial charge in [0.1, 0.15) is 18.2 Å². The van der Waals surface area contributed by atoms with Crippen molar-refractivity contribution in [2.75, 3.05) is 65.4 Å². The van der Waals surface area contributed by atoms with E-state index in [2.05, 4.69) is 37.1 Å². The first-order valence-electron chi connectivity index (χ1n) is 10.4. The third-order valence-corrected chi connectivity index (χ3v) is 5.14. The number of piperazine rings is 1. The minimum Gasteiger partial charge on any atom is -0.492 e. The van der Waals surface area contributed by atoms with Gasteiger partial charge in [0.2, 0.25) is 0 Å². The second-order valence-electron chi connectivity index (χ2n) is 7.63. The number of nitrogens with zero attached hydrogens (tertiary/aromatic N) is 4. The minimum atomic E-state index is -0.166. The van der Waals surface area contributed by atoms with E-state index < -0.39 is 0 Å². The van der Waals surface area contributed by atoms with E-state index in [0.717, 1.165) is 50.0 Å². The van der Waals surface area contributed by atoms with E-state index in [1.165, 1.54) is 6.07 Å². The van der Waals surface area contributed by atoms with E-state index in [1.54, 1.807) is 13.1 Å². The fourth-order valence-corrected chi connectivity index (χ4v) is 3.47. The third kappa shape index (κ3) is 7.53. The van der Waals surface area contributed by atoms with Crippen molar-refractivity contribution in [3.8, 4) is 5.75 Å². The summed E-state index contributed by atoms with van der Waals surface area (Å²) < 4.78 is 19.9. The van der Waals surface area contributed by atoms with Crippen LogP contribution in [-0.4, -0.2) is 76.2 Å². The van der Waals surface area contributed by atoms with Gasteiger partial charge in [-0.25, -0.2) is 4.39 Å². The molecule has 1 heterocycles. The largest absolute Gasteiger partial charge is 0.492 e. The fourth-order valence-electron chi connectivity index (χ4n) is 3.47. The molecule has 0 unspecified atom stereocenters. The van der Waals surface area contributed by atoms with Gasteiger partial charge in [0.15, 0.2) is 5.96 Å². The van der Waals surface area contributed by atoms with Gasteiger partial charge in [0.25, 0.3) is 0 Å². The molecule has 1 N–H and O–H groups in total. The number of benzene rings is 2. The zero-order valence-electron chi connectivity index (χ0n) is 18.6. The highest BCUT2D eigenvalue weighted by Gasteiger charge is 2.21. The lowest BCUT2D eigenvalue weighted by atomic mass is 10.2. The summed E-state index contributed by atoms with van der Waals surface area (Å²) in [5.41, 5.74) is 1.81. The second kappa shape index (κ2) is 12.7. The third-order valence-electron chi connectivity index (χ3n) is 5.14. The molecule has 0 amide bonds. The molecule has 0 aromatic heterocycles. The minimum absolute atomic E-state index is 0. The lowest BCUT2D eigenvalue weighted by molar-refractivity contribution is 0.261. The summed E-state index contributed by atoms with van der Waals surface area (Å²) in [4.78, 5) is 10.8. The molecule has 0 radical (unpaired) electrons. The van der Waals surface area contributed by atoms with E-state index in [4.69, 9.17) is 4.74 Å². The molecular weight excluding hydrogens is 508 g/mol. The Kier molecular flexibility index (Phi) is 10.3. The Labute approximate surface area is 202 Å². The van der Waals surface area contributed by atoms with Crippen LogP contribution >= 0.6 is 24.0 Å². The predicted molar refractivity (Wildman–Crippen MR) is 136 cm³/mol. The van der Waals surface area contributed by atoms with E-state index in [-0.39, 0.29) is 29.8 Å². The van der Waals surface area contributed by atoms with E-state index in [1.807, 2.05) is 38.4 Å². The Hall–Kier alpha value is -2.07. The van der Waals surface area contributed by atoms with Crippen LogP contribution in [0.5, 0.6) is 5.75 Å². The Morgan fingerprint density at radius 2 is 1.84 bits per heavy atom. The average Bonchev–Trinajstić information content (AvgIpc) is 2.75. The SMILES string of the molecule is CN=C(NCc1cccc(OCCN(C)C)c1)N1CCN(c2ccccc2F)CC1.I. The van der Waals surface area contributed by atoms with Crippen LogP contribution in [0.3, 0.4) is 0 Å². The molecule has 2 aromatic carbocycles. The number of aliphatic imine (C=N–C) groups is 1. The zero-order chi connectivity index (χ0) is 21.3. The van der Waals surface area contributed by atoms with Crippen molar-refractivity contribution in [1.82, 2.24) is 15.1 Å². The number of hydrogen-bond donors (Lipinski definition) is 1. The van der Waals surface area contributed by atoms with Gasteiger partial charge in [-0.05, 0) is 43.9 Å². The summed E-state index contributed by atoms with van der Waals surface area (Å²) in [5, 5.41) is 3.44. The van der Waals surface area contributed by atoms with Crippen LogP contribution < -0.4 is 15.0 Å². The molecule has 8 heteroatoms. The van der Waals surface area contributed by atoms with E-state index in [9.17, 15) is 4.39 Å². The summed E-state index contributed by atoms with van der Waals surface area (Å²) in [6.45, 7) is 5.33. The molecule has 0 atom stereocenters. The summed E-state index contributed by atoms with van der Waals surface area (Å²) in [5.74, 6) is 1.58. The maximum absolute atomic E-state index is 14.1. The quantitative estimate of drug-likeness (QED) is 0.331. The molecular formula is C23H33FIN5O. The molecule has 6 nitrogen and oxygen atoms in total. The van der Waals surface area contributed by atoms with Gasteiger partial charge in [-0.1, -0.05) is 24.3 Å². The first-order chi connectivity index (χ1) is 14.6. The number of halogens is 2. The Morgan fingerprint density at radius 3 is 2.52 bits per heavy atom. The van der Waals surface area contributed by atoms with Crippen molar-refractivity contribution in [3.63, 3.8) is 0 Å². The smallest absolute Gasteiger partial charge is 0.194 e. The monoisotopic (exact) mass is 541 g/mol. The summed E-state index contributed by atoms with van der Waals surface area (Å²) >= 11 is 0. The Bertz CT molecular complexity index is 840. The molecule has 1 aliphatic heterocycles. The van der Waals surface area contributed by atoms with Crippen LogP contribution in [0.4, 0.5) is 10.1 Å². The first-order valence-corrected chi connectivity index (χ1v) is 10.4. The van der Waals surface area contributed by atoms with Crippen molar-refractivity contribution < 1.29 is 9.13 Å². The normalized spacial score (nSPS) is 14.4. The Balaban J connectivity index is 0.00000341. The van der Waals surface area contributed by atoms with Crippen molar-refractivity contribution in [2.24, 2.45) is 4.99 Å². The Morgan fingerprint density at radius 1 is 1.10 bits per heavy atom.